The molecule has 7 heteroatoms. The molecular formula is C18H23N3O3S. The lowest BCUT2D eigenvalue weighted by Gasteiger charge is -2.22. The van der Waals surface area contributed by atoms with E-state index in [4.69, 9.17) is 0 Å². The fourth-order valence-electron chi connectivity index (χ4n) is 3.13. The first kappa shape index (κ1) is 17.8. The van der Waals surface area contributed by atoms with Gasteiger partial charge in [-0.2, -0.15) is 0 Å². The Morgan fingerprint density at radius 1 is 1.16 bits per heavy atom. The van der Waals surface area contributed by atoms with Crippen LogP contribution >= 0.6 is 11.8 Å². The van der Waals surface area contributed by atoms with E-state index in [-0.39, 0.29) is 24.3 Å². The molecule has 2 aliphatic rings. The summed E-state index contributed by atoms with van der Waals surface area (Å²) in [6.07, 6.45) is 2.74. The van der Waals surface area contributed by atoms with Crippen LogP contribution in [0.1, 0.15) is 25.7 Å². The standard InChI is InChI=1S/C18H23N3O3S/c22-16(19-9-4-11-20-10-3-7-17(20)23)13-21-14-5-1-2-6-15(14)25-12-8-18(21)24/h1-2,5-6H,3-4,7-13H2,(H,19,22). The average molecular weight is 361 g/mol. The zero-order chi connectivity index (χ0) is 17.6. The van der Waals surface area contributed by atoms with E-state index in [9.17, 15) is 14.4 Å². The Morgan fingerprint density at radius 3 is 2.80 bits per heavy atom. The van der Waals surface area contributed by atoms with E-state index in [1.807, 2.05) is 29.2 Å². The third kappa shape index (κ3) is 4.54. The Hall–Kier alpha value is -2.02. The lowest BCUT2D eigenvalue weighted by Crippen LogP contribution is -2.41. The first-order valence-electron chi connectivity index (χ1n) is 8.72. The summed E-state index contributed by atoms with van der Waals surface area (Å²) in [5.41, 5.74) is 0.813. The van der Waals surface area contributed by atoms with Crippen LogP contribution in [0.5, 0.6) is 0 Å². The van der Waals surface area contributed by atoms with Crippen molar-refractivity contribution < 1.29 is 14.4 Å². The fraction of sp³-hybridized carbons (Fsp3) is 0.500. The first-order chi connectivity index (χ1) is 12.1. The summed E-state index contributed by atoms with van der Waals surface area (Å²) in [6.45, 7) is 2.06. The van der Waals surface area contributed by atoms with Crippen molar-refractivity contribution in [3.63, 3.8) is 0 Å². The summed E-state index contributed by atoms with van der Waals surface area (Å²) in [4.78, 5) is 40.6. The lowest BCUT2D eigenvalue weighted by atomic mass is 10.2. The van der Waals surface area contributed by atoms with Crippen molar-refractivity contribution in [1.29, 1.82) is 0 Å². The van der Waals surface area contributed by atoms with E-state index in [0.29, 0.717) is 25.9 Å². The van der Waals surface area contributed by atoms with Crippen LogP contribution in [0.2, 0.25) is 0 Å². The molecule has 1 fully saturated rings. The Morgan fingerprint density at radius 2 is 2.00 bits per heavy atom. The van der Waals surface area contributed by atoms with Gasteiger partial charge in [0.25, 0.3) is 0 Å². The number of nitrogens with one attached hydrogen (secondary N) is 1. The maximum Gasteiger partial charge on any atom is 0.240 e. The van der Waals surface area contributed by atoms with E-state index < -0.39 is 0 Å². The molecule has 6 nitrogen and oxygen atoms in total. The number of hydrogen-bond acceptors (Lipinski definition) is 4. The number of nitrogens with zero attached hydrogens (tertiary/aromatic N) is 2. The number of likely N-dealkylation sites (tertiary alicyclic amines) is 1. The van der Waals surface area contributed by atoms with Gasteiger partial charge in [-0.05, 0) is 25.0 Å². The van der Waals surface area contributed by atoms with Crippen molar-refractivity contribution >= 4 is 35.2 Å². The van der Waals surface area contributed by atoms with Gasteiger partial charge in [0.05, 0.1) is 5.69 Å². The van der Waals surface area contributed by atoms with Gasteiger partial charge in [0, 0.05) is 43.1 Å². The molecule has 1 aromatic carbocycles. The molecule has 0 unspecified atom stereocenters. The van der Waals surface area contributed by atoms with Crippen molar-refractivity contribution in [3.8, 4) is 0 Å². The number of anilines is 1. The average Bonchev–Trinajstić information content (AvgIpc) is 2.95. The molecule has 3 amide bonds. The summed E-state index contributed by atoms with van der Waals surface area (Å²) >= 11 is 1.65. The number of fused-ring (bicyclic) bond motifs is 1. The molecule has 3 rings (SSSR count). The second-order valence-corrected chi connectivity index (χ2v) is 7.37. The zero-order valence-corrected chi connectivity index (χ0v) is 15.0. The zero-order valence-electron chi connectivity index (χ0n) is 14.2. The van der Waals surface area contributed by atoms with Gasteiger partial charge < -0.3 is 15.1 Å². The second kappa shape index (κ2) is 8.38. The third-order valence-electron chi connectivity index (χ3n) is 4.43. The number of hydrogen-bond donors (Lipinski definition) is 1. The van der Waals surface area contributed by atoms with Gasteiger partial charge in [-0.15, -0.1) is 11.8 Å². The van der Waals surface area contributed by atoms with Crippen molar-refractivity contribution in [3.05, 3.63) is 24.3 Å². The smallest absolute Gasteiger partial charge is 0.240 e. The molecule has 0 atom stereocenters. The molecule has 2 heterocycles. The van der Waals surface area contributed by atoms with E-state index in [0.717, 1.165) is 35.7 Å². The minimum absolute atomic E-state index is 0.0183. The van der Waals surface area contributed by atoms with Crippen LogP contribution in [0.15, 0.2) is 29.2 Å². The normalized spacial score (nSPS) is 17.4. The number of thioether (sulfide) groups is 1. The van der Waals surface area contributed by atoms with Crippen LogP contribution in [0.3, 0.4) is 0 Å². The summed E-state index contributed by atoms with van der Waals surface area (Å²) in [7, 11) is 0. The summed E-state index contributed by atoms with van der Waals surface area (Å²) < 4.78 is 0. The molecule has 2 aliphatic heterocycles. The highest BCUT2D eigenvalue weighted by Gasteiger charge is 2.24. The van der Waals surface area contributed by atoms with E-state index >= 15 is 0 Å². The minimum atomic E-state index is -0.164. The van der Waals surface area contributed by atoms with Crippen LogP contribution in [0.25, 0.3) is 0 Å². The molecule has 0 aliphatic carbocycles. The highest BCUT2D eigenvalue weighted by atomic mass is 32.2. The van der Waals surface area contributed by atoms with Crippen molar-refractivity contribution in [2.45, 2.75) is 30.6 Å². The van der Waals surface area contributed by atoms with Crippen molar-refractivity contribution in [2.75, 3.05) is 36.8 Å². The van der Waals surface area contributed by atoms with Gasteiger partial charge in [0.15, 0.2) is 0 Å². The predicted octanol–water partition coefficient (Wildman–Crippen LogP) is 1.64. The molecule has 0 saturated carbocycles. The molecule has 0 bridgehead atoms. The third-order valence-corrected chi connectivity index (χ3v) is 5.50. The van der Waals surface area contributed by atoms with Gasteiger partial charge in [-0.25, -0.2) is 0 Å². The van der Waals surface area contributed by atoms with Crippen LogP contribution in [-0.4, -0.2) is 54.6 Å². The summed E-state index contributed by atoms with van der Waals surface area (Å²) in [5, 5.41) is 2.86. The Balaban J connectivity index is 1.50. The van der Waals surface area contributed by atoms with Gasteiger partial charge in [0.2, 0.25) is 17.7 Å². The molecule has 1 N–H and O–H groups in total. The van der Waals surface area contributed by atoms with Gasteiger partial charge in [-0.1, -0.05) is 12.1 Å². The van der Waals surface area contributed by atoms with Gasteiger partial charge in [-0.3, -0.25) is 14.4 Å². The summed E-state index contributed by atoms with van der Waals surface area (Å²) in [6, 6.07) is 7.70. The summed E-state index contributed by atoms with van der Waals surface area (Å²) in [5.74, 6) is 0.756. The lowest BCUT2D eigenvalue weighted by molar-refractivity contribution is -0.127. The van der Waals surface area contributed by atoms with E-state index in [1.165, 1.54) is 0 Å². The molecule has 1 saturated heterocycles. The Bertz CT molecular complexity index is 665. The molecule has 0 spiro atoms. The molecule has 0 radical (unpaired) electrons. The second-order valence-electron chi connectivity index (χ2n) is 6.23. The first-order valence-corrected chi connectivity index (χ1v) is 9.70. The monoisotopic (exact) mass is 361 g/mol. The van der Waals surface area contributed by atoms with Crippen LogP contribution in [0, 0.1) is 0 Å². The highest BCUT2D eigenvalue weighted by Crippen LogP contribution is 2.33. The van der Waals surface area contributed by atoms with Crippen LogP contribution < -0.4 is 10.2 Å². The maximum atomic E-state index is 12.3. The topological polar surface area (TPSA) is 69.7 Å². The fourth-order valence-corrected chi connectivity index (χ4v) is 4.13. The minimum Gasteiger partial charge on any atom is -0.354 e. The van der Waals surface area contributed by atoms with E-state index in [1.54, 1.807) is 16.7 Å². The Labute approximate surface area is 151 Å². The largest absolute Gasteiger partial charge is 0.354 e. The number of carbonyl (C=O) groups excluding carboxylic acids is 3. The SMILES string of the molecule is O=C(CN1C(=O)CCSc2ccccc21)NCCCN1CCCC1=O. The van der Waals surface area contributed by atoms with Crippen molar-refractivity contribution in [2.24, 2.45) is 0 Å². The molecule has 0 aromatic heterocycles. The molecular weight excluding hydrogens is 338 g/mol. The van der Waals surface area contributed by atoms with Crippen LogP contribution in [-0.2, 0) is 14.4 Å². The van der Waals surface area contributed by atoms with Gasteiger partial charge in [0.1, 0.15) is 6.54 Å². The molecule has 1 aromatic rings. The molecule has 25 heavy (non-hydrogen) atoms. The van der Waals surface area contributed by atoms with E-state index in [2.05, 4.69) is 5.32 Å². The maximum absolute atomic E-state index is 12.3. The number of amides is 3. The van der Waals surface area contributed by atoms with Crippen molar-refractivity contribution in [1.82, 2.24) is 10.2 Å². The number of carbonyl (C=O) groups is 3. The van der Waals surface area contributed by atoms with Crippen LogP contribution in [0.4, 0.5) is 5.69 Å². The van der Waals surface area contributed by atoms with Gasteiger partial charge >= 0.3 is 0 Å². The highest BCUT2D eigenvalue weighted by molar-refractivity contribution is 7.99. The predicted molar refractivity (Wildman–Crippen MR) is 97.6 cm³/mol. The number of rotatable bonds is 6. The quantitative estimate of drug-likeness (QED) is 0.782. The number of benzene rings is 1. The molecule has 134 valence electrons. The Kier molecular flexibility index (Phi) is 5.96. The number of para-hydroxylation sites is 1.